The molecule has 3 N–H and O–H groups in total. The summed E-state index contributed by atoms with van der Waals surface area (Å²) in [4.78, 5) is 32.5. The predicted octanol–water partition coefficient (Wildman–Crippen LogP) is 1.64. The van der Waals surface area contributed by atoms with Gasteiger partial charge in [-0.2, -0.15) is 0 Å². The van der Waals surface area contributed by atoms with Crippen LogP contribution in [0.4, 0.5) is 5.69 Å². The number of hydrogen-bond donors (Lipinski definition) is 3. The highest BCUT2D eigenvalue weighted by molar-refractivity contribution is 6.07. The van der Waals surface area contributed by atoms with Gasteiger partial charge in [0, 0.05) is 24.6 Å². The molecule has 0 aromatic heterocycles. The number of aliphatic hydroxyl groups is 2. The first kappa shape index (κ1) is 22.5. The number of hydrogen-bond acceptors (Lipinski definition) is 7. The first-order valence-corrected chi connectivity index (χ1v) is 11.5. The molecule has 4 rings (SSSR count). The summed E-state index contributed by atoms with van der Waals surface area (Å²) in [5.74, 6) is 0.867. The summed E-state index contributed by atoms with van der Waals surface area (Å²) in [6.07, 6.45) is 5.45. The second-order valence-corrected chi connectivity index (χ2v) is 8.72. The van der Waals surface area contributed by atoms with Crippen molar-refractivity contribution in [3.05, 3.63) is 23.8 Å². The van der Waals surface area contributed by atoms with Gasteiger partial charge >= 0.3 is 0 Å². The third-order valence-electron chi connectivity index (χ3n) is 6.44. The molecule has 1 saturated carbocycles. The number of amides is 2. The SMILES string of the molecule is CC(O)N(C(=O)CCCOc1ccc2c(c1)CN1C(=N2)NC(=O)C1CO)C1CCCCC1. The second-order valence-electron chi connectivity index (χ2n) is 8.72. The van der Waals surface area contributed by atoms with Crippen molar-refractivity contribution >= 4 is 23.5 Å². The minimum atomic E-state index is -0.771. The summed E-state index contributed by atoms with van der Waals surface area (Å²) >= 11 is 0. The summed E-state index contributed by atoms with van der Waals surface area (Å²) in [6.45, 7) is 2.24. The Bertz CT molecular complexity index is 881. The fourth-order valence-corrected chi connectivity index (χ4v) is 4.82. The quantitative estimate of drug-likeness (QED) is 0.415. The van der Waals surface area contributed by atoms with E-state index >= 15 is 0 Å². The number of aliphatic imine (C=N–C) groups is 1. The Kier molecular flexibility index (Phi) is 6.95. The molecule has 32 heavy (non-hydrogen) atoms. The number of ether oxygens (including phenoxy) is 1. The third kappa shape index (κ3) is 4.73. The first-order chi connectivity index (χ1) is 15.5. The van der Waals surface area contributed by atoms with Crippen LogP contribution in [0.15, 0.2) is 23.2 Å². The molecule has 9 nitrogen and oxygen atoms in total. The lowest BCUT2D eigenvalue weighted by atomic mass is 9.93. The Balaban J connectivity index is 1.30. The van der Waals surface area contributed by atoms with Crippen LogP contribution in [-0.2, 0) is 16.1 Å². The second kappa shape index (κ2) is 9.87. The number of carbonyl (C=O) groups is 2. The van der Waals surface area contributed by atoms with Crippen molar-refractivity contribution in [1.82, 2.24) is 15.1 Å². The maximum Gasteiger partial charge on any atom is 0.251 e. The van der Waals surface area contributed by atoms with Crippen LogP contribution in [0.1, 0.15) is 57.4 Å². The van der Waals surface area contributed by atoms with Gasteiger partial charge in [0.05, 0.1) is 18.9 Å². The van der Waals surface area contributed by atoms with Crippen LogP contribution in [0.5, 0.6) is 5.75 Å². The lowest BCUT2D eigenvalue weighted by molar-refractivity contribution is -0.145. The molecular weight excluding hydrogens is 412 g/mol. The largest absolute Gasteiger partial charge is 0.494 e. The van der Waals surface area contributed by atoms with Gasteiger partial charge in [-0.1, -0.05) is 19.3 Å². The molecule has 2 amide bonds. The molecule has 2 fully saturated rings. The molecule has 2 unspecified atom stereocenters. The minimum absolute atomic E-state index is 0.0240. The Morgan fingerprint density at radius 1 is 1.34 bits per heavy atom. The van der Waals surface area contributed by atoms with Crippen molar-refractivity contribution in [2.45, 2.75) is 76.7 Å². The van der Waals surface area contributed by atoms with E-state index in [0.29, 0.717) is 37.7 Å². The van der Waals surface area contributed by atoms with E-state index in [1.807, 2.05) is 18.2 Å². The van der Waals surface area contributed by atoms with E-state index in [2.05, 4.69) is 10.3 Å². The monoisotopic (exact) mass is 444 g/mol. The van der Waals surface area contributed by atoms with E-state index in [1.54, 1.807) is 16.7 Å². The van der Waals surface area contributed by atoms with E-state index in [4.69, 9.17) is 4.74 Å². The van der Waals surface area contributed by atoms with Gasteiger partial charge in [-0.3, -0.25) is 14.9 Å². The molecule has 1 aliphatic carbocycles. The molecule has 0 bridgehead atoms. The molecule has 1 saturated heterocycles. The van der Waals surface area contributed by atoms with Crippen LogP contribution in [0.3, 0.4) is 0 Å². The lowest BCUT2D eigenvalue weighted by Crippen LogP contribution is -2.46. The topological polar surface area (TPSA) is 115 Å². The van der Waals surface area contributed by atoms with Gasteiger partial charge in [0.15, 0.2) is 0 Å². The average molecular weight is 445 g/mol. The molecular formula is C23H32N4O5. The van der Waals surface area contributed by atoms with Crippen LogP contribution in [0.25, 0.3) is 0 Å². The molecule has 174 valence electrons. The van der Waals surface area contributed by atoms with Crippen LogP contribution in [0.2, 0.25) is 0 Å². The minimum Gasteiger partial charge on any atom is -0.494 e. The number of benzene rings is 1. The number of fused-ring (bicyclic) bond motifs is 2. The van der Waals surface area contributed by atoms with E-state index in [1.165, 1.54) is 6.42 Å². The van der Waals surface area contributed by atoms with E-state index < -0.39 is 12.3 Å². The number of carbonyl (C=O) groups excluding carboxylic acids is 2. The summed E-state index contributed by atoms with van der Waals surface area (Å²) < 4.78 is 5.86. The maximum atomic E-state index is 12.7. The molecule has 3 aliphatic rings. The number of guanidine groups is 1. The fourth-order valence-electron chi connectivity index (χ4n) is 4.82. The zero-order valence-electron chi connectivity index (χ0n) is 18.5. The van der Waals surface area contributed by atoms with Gasteiger partial charge < -0.3 is 24.7 Å². The summed E-state index contributed by atoms with van der Waals surface area (Å²) in [6, 6.07) is 5.07. The van der Waals surface area contributed by atoms with Gasteiger partial charge in [0.25, 0.3) is 5.91 Å². The van der Waals surface area contributed by atoms with Crippen molar-refractivity contribution in [1.29, 1.82) is 0 Å². The van der Waals surface area contributed by atoms with Crippen molar-refractivity contribution in [3.8, 4) is 5.75 Å². The van der Waals surface area contributed by atoms with E-state index in [9.17, 15) is 19.8 Å². The standard InChI is InChI=1S/C23H32N4O5/c1-15(29)27(17-6-3-2-4-7-17)21(30)8-5-11-32-18-9-10-19-16(12-18)13-26-20(14-28)22(31)25-23(26)24-19/h9-10,12,15,17,20,28-29H,2-8,11,13-14H2,1H3,(H,24,25,31). The van der Waals surface area contributed by atoms with Gasteiger partial charge in [0.2, 0.25) is 11.9 Å². The van der Waals surface area contributed by atoms with Crippen LogP contribution in [0, 0.1) is 0 Å². The summed E-state index contributed by atoms with van der Waals surface area (Å²) in [5, 5.41) is 22.3. The molecule has 2 heterocycles. The van der Waals surface area contributed by atoms with Crippen LogP contribution >= 0.6 is 0 Å². The van der Waals surface area contributed by atoms with Gasteiger partial charge in [-0.25, -0.2) is 4.99 Å². The highest BCUT2D eigenvalue weighted by Gasteiger charge is 2.38. The van der Waals surface area contributed by atoms with Crippen molar-refractivity contribution in [3.63, 3.8) is 0 Å². The fraction of sp³-hybridized carbons (Fsp3) is 0.609. The van der Waals surface area contributed by atoms with Crippen molar-refractivity contribution < 1.29 is 24.5 Å². The zero-order valence-corrected chi connectivity index (χ0v) is 18.5. The number of nitrogens with one attached hydrogen (secondary N) is 1. The Morgan fingerprint density at radius 3 is 2.84 bits per heavy atom. The van der Waals surface area contributed by atoms with Crippen LogP contribution in [-0.4, -0.2) is 69.3 Å². The normalized spacial score (nSPS) is 21.3. The smallest absolute Gasteiger partial charge is 0.251 e. The lowest BCUT2D eigenvalue weighted by Gasteiger charge is -2.36. The average Bonchev–Trinajstić information content (AvgIpc) is 3.09. The Hall–Kier alpha value is -2.65. The number of rotatable bonds is 8. The highest BCUT2D eigenvalue weighted by atomic mass is 16.5. The van der Waals surface area contributed by atoms with Crippen LogP contribution < -0.4 is 10.1 Å². The molecule has 2 aliphatic heterocycles. The molecule has 2 atom stereocenters. The van der Waals surface area contributed by atoms with Crippen molar-refractivity contribution in [2.75, 3.05) is 13.2 Å². The Labute approximate surface area is 188 Å². The Morgan fingerprint density at radius 2 is 2.12 bits per heavy atom. The first-order valence-electron chi connectivity index (χ1n) is 11.5. The predicted molar refractivity (Wildman–Crippen MR) is 118 cm³/mol. The molecule has 0 radical (unpaired) electrons. The zero-order chi connectivity index (χ0) is 22.7. The molecule has 9 heteroatoms. The highest BCUT2D eigenvalue weighted by Crippen LogP contribution is 2.32. The molecule has 1 aromatic carbocycles. The van der Waals surface area contributed by atoms with E-state index in [0.717, 1.165) is 36.9 Å². The third-order valence-corrected chi connectivity index (χ3v) is 6.44. The van der Waals surface area contributed by atoms with Gasteiger partial charge in [0.1, 0.15) is 18.0 Å². The summed E-state index contributed by atoms with van der Waals surface area (Å²) in [5.41, 5.74) is 1.67. The van der Waals surface area contributed by atoms with Crippen molar-refractivity contribution in [2.24, 2.45) is 4.99 Å². The van der Waals surface area contributed by atoms with E-state index in [-0.39, 0.29) is 24.5 Å². The maximum absolute atomic E-state index is 12.7. The summed E-state index contributed by atoms with van der Waals surface area (Å²) in [7, 11) is 0. The number of aliphatic hydroxyl groups excluding tert-OH is 2. The van der Waals surface area contributed by atoms with Gasteiger partial charge in [-0.15, -0.1) is 0 Å². The molecule has 0 spiro atoms. The van der Waals surface area contributed by atoms with Gasteiger partial charge in [-0.05, 0) is 44.4 Å². The molecule has 1 aromatic rings. The number of nitrogens with zero attached hydrogens (tertiary/aromatic N) is 3.